The number of aliphatic carboxylic acids is 1. The lowest BCUT2D eigenvalue weighted by Crippen LogP contribution is -2.53. The number of carboxylic acid groups (broad SMARTS) is 1. The van der Waals surface area contributed by atoms with Gasteiger partial charge in [0.2, 0.25) is 0 Å². The SMILES string of the molecule is CCCCN(C)S(=O)(=O)N1CCCC(CCC)(C(=O)O)C1. The summed E-state index contributed by atoms with van der Waals surface area (Å²) < 4.78 is 27.8. The summed E-state index contributed by atoms with van der Waals surface area (Å²) >= 11 is 0. The molecule has 6 nitrogen and oxygen atoms in total. The van der Waals surface area contributed by atoms with Crippen molar-refractivity contribution in [3.8, 4) is 0 Å². The summed E-state index contributed by atoms with van der Waals surface area (Å²) in [5, 5.41) is 9.55. The van der Waals surface area contributed by atoms with Crippen molar-refractivity contribution in [2.24, 2.45) is 5.41 Å². The van der Waals surface area contributed by atoms with E-state index in [9.17, 15) is 18.3 Å². The summed E-state index contributed by atoms with van der Waals surface area (Å²) in [7, 11) is -1.98. The number of carbonyl (C=O) groups is 1. The van der Waals surface area contributed by atoms with Crippen molar-refractivity contribution in [3.63, 3.8) is 0 Å². The van der Waals surface area contributed by atoms with Gasteiger partial charge in [-0.2, -0.15) is 17.0 Å². The van der Waals surface area contributed by atoms with Crippen molar-refractivity contribution in [2.45, 2.75) is 52.4 Å². The van der Waals surface area contributed by atoms with Crippen LogP contribution >= 0.6 is 0 Å². The third-order valence-electron chi connectivity index (χ3n) is 4.27. The third-order valence-corrected chi connectivity index (χ3v) is 6.21. The molecule has 0 aromatic rings. The van der Waals surface area contributed by atoms with Crippen LogP contribution in [0.15, 0.2) is 0 Å². The van der Waals surface area contributed by atoms with Crippen LogP contribution in [0.4, 0.5) is 0 Å². The first-order chi connectivity index (χ1) is 9.80. The molecule has 1 fully saturated rings. The highest BCUT2D eigenvalue weighted by atomic mass is 32.2. The lowest BCUT2D eigenvalue weighted by molar-refractivity contribution is -0.152. The number of carboxylic acids is 1. The predicted octanol–water partition coefficient (Wildman–Crippen LogP) is 1.93. The van der Waals surface area contributed by atoms with Crippen LogP contribution in [0, 0.1) is 5.41 Å². The van der Waals surface area contributed by atoms with Crippen LogP contribution in [-0.4, -0.2) is 54.8 Å². The van der Waals surface area contributed by atoms with E-state index in [0.717, 1.165) is 19.3 Å². The van der Waals surface area contributed by atoms with Gasteiger partial charge >= 0.3 is 5.97 Å². The van der Waals surface area contributed by atoms with Gasteiger partial charge in [0.25, 0.3) is 10.2 Å². The van der Waals surface area contributed by atoms with Gasteiger partial charge in [0.1, 0.15) is 0 Å². The van der Waals surface area contributed by atoms with E-state index in [-0.39, 0.29) is 6.54 Å². The largest absolute Gasteiger partial charge is 0.481 e. The Morgan fingerprint density at radius 3 is 2.52 bits per heavy atom. The summed E-state index contributed by atoms with van der Waals surface area (Å²) in [6.45, 7) is 4.93. The molecule has 7 heteroatoms. The van der Waals surface area contributed by atoms with Crippen LogP contribution in [0.2, 0.25) is 0 Å². The minimum absolute atomic E-state index is 0.0922. The first-order valence-electron chi connectivity index (χ1n) is 7.75. The maximum Gasteiger partial charge on any atom is 0.310 e. The Labute approximate surface area is 128 Å². The standard InChI is InChI=1S/C14H28N2O4S/c1-4-6-10-15(3)21(19,20)16-11-7-9-14(12-16,8-5-2)13(17)18/h4-12H2,1-3H3,(H,17,18). The molecule has 1 unspecified atom stereocenters. The second-order valence-electron chi connectivity index (χ2n) is 5.96. The van der Waals surface area contributed by atoms with Crippen LogP contribution in [0.3, 0.4) is 0 Å². The van der Waals surface area contributed by atoms with Crippen LogP contribution < -0.4 is 0 Å². The fourth-order valence-electron chi connectivity index (χ4n) is 2.94. The van der Waals surface area contributed by atoms with E-state index in [4.69, 9.17) is 0 Å². The second-order valence-corrected chi connectivity index (χ2v) is 7.99. The van der Waals surface area contributed by atoms with Crippen LogP contribution in [-0.2, 0) is 15.0 Å². The number of rotatable bonds is 8. The molecule has 21 heavy (non-hydrogen) atoms. The van der Waals surface area contributed by atoms with Crippen molar-refractivity contribution in [1.29, 1.82) is 0 Å². The molecule has 1 aliphatic rings. The molecule has 0 saturated carbocycles. The molecule has 0 spiro atoms. The van der Waals surface area contributed by atoms with Crippen molar-refractivity contribution in [1.82, 2.24) is 8.61 Å². The van der Waals surface area contributed by atoms with E-state index in [1.54, 1.807) is 7.05 Å². The summed E-state index contributed by atoms with van der Waals surface area (Å²) in [6.07, 6.45) is 4.16. The van der Waals surface area contributed by atoms with Gasteiger partial charge in [-0.3, -0.25) is 4.79 Å². The third kappa shape index (κ3) is 4.17. The van der Waals surface area contributed by atoms with Gasteiger partial charge in [-0.1, -0.05) is 26.7 Å². The molecule has 0 aromatic heterocycles. The first kappa shape index (κ1) is 18.4. The van der Waals surface area contributed by atoms with Crippen LogP contribution in [0.5, 0.6) is 0 Å². The average Bonchev–Trinajstić information content (AvgIpc) is 2.45. The monoisotopic (exact) mass is 320 g/mol. The Balaban J connectivity index is 2.90. The molecule has 1 atom stereocenters. The molecular formula is C14H28N2O4S. The van der Waals surface area contributed by atoms with Crippen molar-refractivity contribution < 1.29 is 18.3 Å². The summed E-state index contributed by atoms with van der Waals surface area (Å²) in [4.78, 5) is 11.6. The van der Waals surface area contributed by atoms with E-state index in [0.29, 0.717) is 32.4 Å². The molecule has 0 aromatic carbocycles. The highest BCUT2D eigenvalue weighted by Crippen LogP contribution is 2.36. The quantitative estimate of drug-likeness (QED) is 0.741. The molecule has 1 aliphatic heterocycles. The molecule has 1 saturated heterocycles. The fourth-order valence-corrected chi connectivity index (χ4v) is 4.47. The zero-order valence-electron chi connectivity index (χ0n) is 13.3. The normalized spacial score (nSPS) is 24.4. The second kappa shape index (κ2) is 7.56. The van der Waals surface area contributed by atoms with Crippen molar-refractivity contribution >= 4 is 16.2 Å². The molecule has 1 rings (SSSR count). The summed E-state index contributed by atoms with van der Waals surface area (Å²) in [5.41, 5.74) is -0.925. The summed E-state index contributed by atoms with van der Waals surface area (Å²) in [5.74, 6) is -0.875. The van der Waals surface area contributed by atoms with Gasteiger partial charge in [-0.25, -0.2) is 0 Å². The van der Waals surface area contributed by atoms with Crippen molar-refractivity contribution in [3.05, 3.63) is 0 Å². The van der Waals surface area contributed by atoms with E-state index in [1.165, 1.54) is 8.61 Å². The van der Waals surface area contributed by atoms with Crippen molar-refractivity contribution in [2.75, 3.05) is 26.7 Å². The Morgan fingerprint density at radius 2 is 2.00 bits per heavy atom. The Morgan fingerprint density at radius 1 is 1.33 bits per heavy atom. The number of hydrogen-bond donors (Lipinski definition) is 1. The smallest absolute Gasteiger partial charge is 0.310 e. The minimum Gasteiger partial charge on any atom is -0.481 e. The van der Waals surface area contributed by atoms with Crippen LogP contribution in [0.1, 0.15) is 52.4 Å². The van der Waals surface area contributed by atoms with Gasteiger partial charge in [0.15, 0.2) is 0 Å². The number of hydrogen-bond acceptors (Lipinski definition) is 3. The topological polar surface area (TPSA) is 77.9 Å². The Hall–Kier alpha value is -0.660. The Kier molecular flexibility index (Phi) is 6.62. The van der Waals surface area contributed by atoms with Crippen LogP contribution in [0.25, 0.3) is 0 Å². The number of nitrogens with zero attached hydrogens (tertiary/aromatic N) is 2. The summed E-state index contributed by atoms with van der Waals surface area (Å²) in [6, 6.07) is 0. The predicted molar refractivity (Wildman–Crippen MR) is 82.2 cm³/mol. The maximum absolute atomic E-state index is 12.6. The first-order valence-corrected chi connectivity index (χ1v) is 9.14. The van der Waals surface area contributed by atoms with Gasteiger partial charge in [0.05, 0.1) is 5.41 Å². The van der Waals surface area contributed by atoms with E-state index >= 15 is 0 Å². The molecule has 0 amide bonds. The zero-order chi connectivity index (χ0) is 16.1. The lowest BCUT2D eigenvalue weighted by Gasteiger charge is -2.40. The molecule has 0 aliphatic carbocycles. The highest BCUT2D eigenvalue weighted by molar-refractivity contribution is 7.86. The molecule has 0 bridgehead atoms. The zero-order valence-corrected chi connectivity index (χ0v) is 14.2. The molecule has 0 radical (unpaired) electrons. The Bertz CT molecular complexity index is 448. The highest BCUT2D eigenvalue weighted by Gasteiger charge is 2.45. The van der Waals surface area contributed by atoms with Gasteiger partial charge in [-0.05, 0) is 25.7 Å². The minimum atomic E-state index is -3.55. The molecule has 1 N–H and O–H groups in total. The molecular weight excluding hydrogens is 292 g/mol. The maximum atomic E-state index is 12.6. The fraction of sp³-hybridized carbons (Fsp3) is 0.929. The average molecular weight is 320 g/mol. The number of piperidine rings is 1. The lowest BCUT2D eigenvalue weighted by atomic mass is 9.77. The van der Waals surface area contributed by atoms with E-state index < -0.39 is 21.6 Å². The van der Waals surface area contributed by atoms with Gasteiger partial charge in [-0.15, -0.1) is 0 Å². The van der Waals surface area contributed by atoms with E-state index in [1.807, 2.05) is 13.8 Å². The number of unbranched alkanes of at least 4 members (excludes halogenated alkanes) is 1. The van der Waals surface area contributed by atoms with Gasteiger partial charge < -0.3 is 5.11 Å². The van der Waals surface area contributed by atoms with E-state index in [2.05, 4.69) is 0 Å². The van der Waals surface area contributed by atoms with Gasteiger partial charge in [0, 0.05) is 26.7 Å². The molecule has 124 valence electrons. The molecule has 1 heterocycles.